The lowest BCUT2D eigenvalue weighted by Gasteiger charge is -2.33. The number of fused-ring (bicyclic) bond motifs is 1. The fraction of sp³-hybridized carbons (Fsp3) is 0.370. The Morgan fingerprint density at radius 2 is 1.74 bits per heavy atom. The number of carbonyl (C=O) groups is 2. The molecule has 2 aliphatic heterocycles. The number of piperidine rings is 1. The molecule has 2 aromatic carbocycles. The van der Waals surface area contributed by atoms with Crippen LogP contribution < -0.4 is 10.2 Å². The highest BCUT2D eigenvalue weighted by molar-refractivity contribution is 6.07. The van der Waals surface area contributed by atoms with Crippen molar-refractivity contribution in [2.45, 2.75) is 12.8 Å². The van der Waals surface area contributed by atoms with Crippen molar-refractivity contribution in [3.8, 4) is 0 Å². The monoisotopic (exact) mass is 457 g/mol. The lowest BCUT2D eigenvalue weighted by Crippen LogP contribution is -2.44. The van der Waals surface area contributed by atoms with E-state index in [1.54, 1.807) is 6.20 Å². The molecule has 2 aliphatic rings. The average Bonchev–Trinajstić information content (AvgIpc) is 2.89. The summed E-state index contributed by atoms with van der Waals surface area (Å²) in [4.78, 5) is 37.3. The van der Waals surface area contributed by atoms with E-state index in [1.165, 1.54) is 0 Å². The van der Waals surface area contributed by atoms with Gasteiger partial charge in [0.1, 0.15) is 5.82 Å². The van der Waals surface area contributed by atoms with Crippen LogP contribution in [0.15, 0.2) is 60.8 Å². The highest BCUT2D eigenvalue weighted by Gasteiger charge is 2.29. The van der Waals surface area contributed by atoms with Gasteiger partial charge >= 0.3 is 0 Å². The molecule has 3 aromatic rings. The molecule has 34 heavy (non-hydrogen) atoms. The number of anilines is 2. The minimum atomic E-state index is -0.231. The van der Waals surface area contributed by atoms with Gasteiger partial charge in [-0.2, -0.15) is 0 Å². The van der Waals surface area contributed by atoms with E-state index < -0.39 is 0 Å². The van der Waals surface area contributed by atoms with Gasteiger partial charge in [0.15, 0.2) is 0 Å². The van der Waals surface area contributed by atoms with Crippen molar-refractivity contribution in [3.63, 3.8) is 0 Å². The SMILES string of the molecule is CN1CCN(c2ccc(NC(=O)C3CCCN(C(=O)c4cccc5ccccc45)C3)cn2)CC1. The molecule has 0 spiro atoms. The first-order chi connectivity index (χ1) is 16.6. The molecule has 0 saturated carbocycles. The second-order valence-corrected chi connectivity index (χ2v) is 9.30. The van der Waals surface area contributed by atoms with Crippen LogP contribution >= 0.6 is 0 Å². The molecule has 7 nitrogen and oxygen atoms in total. The van der Waals surface area contributed by atoms with Crippen LogP contribution in [-0.2, 0) is 4.79 Å². The predicted molar refractivity (Wildman–Crippen MR) is 135 cm³/mol. The average molecular weight is 458 g/mol. The van der Waals surface area contributed by atoms with Crippen molar-refractivity contribution >= 4 is 34.1 Å². The molecule has 0 aliphatic carbocycles. The van der Waals surface area contributed by atoms with Crippen molar-refractivity contribution in [2.24, 2.45) is 5.92 Å². The zero-order chi connectivity index (χ0) is 23.5. The third kappa shape index (κ3) is 4.75. The Bertz CT molecular complexity index is 1170. The van der Waals surface area contributed by atoms with Crippen LogP contribution in [0.2, 0.25) is 0 Å². The van der Waals surface area contributed by atoms with Gasteiger partial charge in [0.2, 0.25) is 5.91 Å². The molecule has 2 saturated heterocycles. The Kier molecular flexibility index (Phi) is 6.45. The van der Waals surface area contributed by atoms with Crippen LogP contribution in [-0.4, -0.2) is 72.9 Å². The van der Waals surface area contributed by atoms with Crippen molar-refractivity contribution in [1.82, 2.24) is 14.8 Å². The molecule has 1 unspecified atom stereocenters. The molecule has 1 N–H and O–H groups in total. The first-order valence-corrected chi connectivity index (χ1v) is 12.1. The number of aromatic nitrogens is 1. The fourth-order valence-corrected chi connectivity index (χ4v) is 4.88. The summed E-state index contributed by atoms with van der Waals surface area (Å²) in [6.07, 6.45) is 3.32. The van der Waals surface area contributed by atoms with Gasteiger partial charge in [0.25, 0.3) is 5.91 Å². The minimum absolute atomic E-state index is 0.00695. The summed E-state index contributed by atoms with van der Waals surface area (Å²) in [5.74, 6) is 0.651. The van der Waals surface area contributed by atoms with Crippen LogP contribution in [0.1, 0.15) is 23.2 Å². The Labute approximate surface area is 200 Å². The quantitative estimate of drug-likeness (QED) is 0.650. The number of hydrogen-bond acceptors (Lipinski definition) is 5. The van der Waals surface area contributed by atoms with E-state index in [9.17, 15) is 9.59 Å². The molecular formula is C27H31N5O2. The van der Waals surface area contributed by atoms with Crippen molar-refractivity contribution in [1.29, 1.82) is 0 Å². The standard InChI is InChI=1S/C27H31N5O2/c1-30-14-16-31(17-15-30)25-12-11-22(18-28-25)29-26(33)21-8-5-13-32(19-21)27(34)24-10-4-7-20-6-2-3-9-23(20)24/h2-4,6-7,9-12,18,21H,5,8,13-17,19H2,1H3,(H,29,33). The van der Waals surface area contributed by atoms with E-state index in [0.29, 0.717) is 24.3 Å². The normalized spacial score (nSPS) is 19.3. The molecule has 7 heteroatoms. The highest BCUT2D eigenvalue weighted by Crippen LogP contribution is 2.25. The van der Waals surface area contributed by atoms with Crippen LogP contribution in [0.25, 0.3) is 10.8 Å². The van der Waals surface area contributed by atoms with Gasteiger partial charge in [0, 0.05) is 44.8 Å². The maximum Gasteiger partial charge on any atom is 0.254 e. The number of likely N-dealkylation sites (N-methyl/N-ethyl adjacent to an activating group) is 1. The molecule has 3 heterocycles. The molecule has 2 amide bonds. The van der Waals surface area contributed by atoms with Crippen LogP contribution in [0.3, 0.4) is 0 Å². The lowest BCUT2D eigenvalue weighted by atomic mass is 9.95. The molecule has 176 valence electrons. The van der Waals surface area contributed by atoms with Gasteiger partial charge in [-0.25, -0.2) is 4.98 Å². The number of rotatable bonds is 4. The summed E-state index contributed by atoms with van der Waals surface area (Å²) in [7, 11) is 2.13. The van der Waals surface area contributed by atoms with E-state index in [2.05, 4.69) is 27.1 Å². The molecular weight excluding hydrogens is 426 g/mol. The third-order valence-corrected chi connectivity index (χ3v) is 6.94. The van der Waals surface area contributed by atoms with Crippen molar-refractivity contribution in [2.75, 3.05) is 56.5 Å². The molecule has 0 radical (unpaired) electrons. The van der Waals surface area contributed by atoms with E-state index in [-0.39, 0.29) is 17.7 Å². The van der Waals surface area contributed by atoms with Crippen LogP contribution in [0, 0.1) is 5.92 Å². The number of pyridine rings is 1. The van der Waals surface area contributed by atoms with Gasteiger partial charge in [-0.05, 0) is 48.9 Å². The van der Waals surface area contributed by atoms with Gasteiger partial charge in [0.05, 0.1) is 17.8 Å². The van der Waals surface area contributed by atoms with Gasteiger partial charge in [-0.3, -0.25) is 9.59 Å². The summed E-state index contributed by atoms with van der Waals surface area (Å²) in [5.41, 5.74) is 1.39. The van der Waals surface area contributed by atoms with E-state index in [0.717, 1.165) is 55.6 Å². The van der Waals surface area contributed by atoms with Gasteiger partial charge < -0.3 is 20.0 Å². The largest absolute Gasteiger partial charge is 0.354 e. The summed E-state index contributed by atoms with van der Waals surface area (Å²) in [5, 5.41) is 5.01. The van der Waals surface area contributed by atoms with E-state index >= 15 is 0 Å². The topological polar surface area (TPSA) is 68.8 Å². The zero-order valence-electron chi connectivity index (χ0n) is 19.6. The van der Waals surface area contributed by atoms with Crippen molar-refractivity contribution < 1.29 is 9.59 Å². The Hall–Kier alpha value is -3.45. The minimum Gasteiger partial charge on any atom is -0.354 e. The number of benzene rings is 2. The predicted octanol–water partition coefficient (Wildman–Crippen LogP) is 3.48. The van der Waals surface area contributed by atoms with Gasteiger partial charge in [-0.15, -0.1) is 0 Å². The first kappa shape index (κ1) is 22.3. The third-order valence-electron chi connectivity index (χ3n) is 6.94. The lowest BCUT2D eigenvalue weighted by molar-refractivity contribution is -0.121. The van der Waals surface area contributed by atoms with E-state index in [1.807, 2.05) is 59.5 Å². The smallest absolute Gasteiger partial charge is 0.254 e. The number of hydrogen-bond donors (Lipinski definition) is 1. The number of nitrogens with one attached hydrogen (secondary N) is 1. The molecule has 2 fully saturated rings. The van der Waals surface area contributed by atoms with Crippen LogP contribution in [0.4, 0.5) is 11.5 Å². The zero-order valence-corrected chi connectivity index (χ0v) is 19.6. The number of carbonyl (C=O) groups excluding carboxylic acids is 2. The molecule has 1 aromatic heterocycles. The van der Waals surface area contributed by atoms with Crippen molar-refractivity contribution in [3.05, 3.63) is 66.4 Å². The first-order valence-electron chi connectivity index (χ1n) is 12.1. The van der Waals surface area contributed by atoms with Crippen LogP contribution in [0.5, 0.6) is 0 Å². The summed E-state index contributed by atoms with van der Waals surface area (Å²) in [6.45, 7) is 5.06. The summed E-state index contributed by atoms with van der Waals surface area (Å²) < 4.78 is 0. The maximum absolute atomic E-state index is 13.3. The molecule has 0 bridgehead atoms. The highest BCUT2D eigenvalue weighted by atomic mass is 16.2. The van der Waals surface area contributed by atoms with E-state index in [4.69, 9.17) is 0 Å². The summed E-state index contributed by atoms with van der Waals surface area (Å²) in [6, 6.07) is 17.6. The number of nitrogens with zero attached hydrogens (tertiary/aromatic N) is 4. The summed E-state index contributed by atoms with van der Waals surface area (Å²) >= 11 is 0. The number of amides is 2. The Balaban J connectivity index is 1.22. The fourth-order valence-electron chi connectivity index (χ4n) is 4.88. The maximum atomic E-state index is 13.3. The number of piperazine rings is 1. The second kappa shape index (κ2) is 9.81. The second-order valence-electron chi connectivity index (χ2n) is 9.30. The molecule has 5 rings (SSSR count). The Morgan fingerprint density at radius 3 is 2.53 bits per heavy atom. The molecule has 1 atom stereocenters. The number of likely N-dealkylation sites (tertiary alicyclic amines) is 1. The van der Waals surface area contributed by atoms with Gasteiger partial charge in [-0.1, -0.05) is 36.4 Å². The Morgan fingerprint density at radius 1 is 0.941 bits per heavy atom.